The van der Waals surface area contributed by atoms with Gasteiger partial charge < -0.3 is 20.7 Å². The van der Waals surface area contributed by atoms with Gasteiger partial charge in [0, 0.05) is 31.5 Å². The van der Waals surface area contributed by atoms with Crippen molar-refractivity contribution < 1.29 is 23.5 Å². The first-order chi connectivity index (χ1) is 13.4. The van der Waals surface area contributed by atoms with Crippen LogP contribution in [0, 0.1) is 5.82 Å². The van der Waals surface area contributed by atoms with Crippen molar-refractivity contribution in [3.8, 4) is 5.75 Å². The summed E-state index contributed by atoms with van der Waals surface area (Å²) in [6.07, 6.45) is 0.750. The second kappa shape index (κ2) is 6.63. The molecule has 2 aromatic rings. The molecule has 1 fully saturated rings. The maximum atomic E-state index is 14.2. The molecule has 0 atom stereocenters. The second-order valence-electron chi connectivity index (χ2n) is 6.90. The topological polar surface area (TPSA) is 102 Å². The van der Waals surface area contributed by atoms with Crippen molar-refractivity contribution in [1.82, 2.24) is 10.2 Å². The van der Waals surface area contributed by atoms with E-state index in [2.05, 4.69) is 5.32 Å². The van der Waals surface area contributed by atoms with Gasteiger partial charge in [-0.05, 0) is 30.3 Å². The van der Waals surface area contributed by atoms with Gasteiger partial charge in [-0.1, -0.05) is 12.1 Å². The Morgan fingerprint density at radius 3 is 2.54 bits per heavy atom. The van der Waals surface area contributed by atoms with Gasteiger partial charge in [-0.2, -0.15) is 0 Å². The number of hydrogen-bond acceptors (Lipinski definition) is 4. The third kappa shape index (κ3) is 3.06. The van der Waals surface area contributed by atoms with Crippen molar-refractivity contribution in [2.75, 3.05) is 13.1 Å². The van der Waals surface area contributed by atoms with Gasteiger partial charge in [0.05, 0.1) is 11.1 Å². The van der Waals surface area contributed by atoms with E-state index < -0.39 is 23.4 Å². The number of primary amides is 1. The average molecular weight is 383 g/mol. The number of fused-ring (bicyclic) bond motifs is 1. The standard InChI is InChI=1S/C20H18FN3O4/c21-15-11-12(17(22)25)5-6-13(15)19(27)24-9-7-20(8-10-24)23-18(26)14-3-1-2-4-16(14)28-20/h1-6,11H,7-10H2,(H2,22,25)(H,23,26). The summed E-state index contributed by atoms with van der Waals surface area (Å²) < 4.78 is 20.3. The molecule has 0 saturated carbocycles. The van der Waals surface area contributed by atoms with Crippen molar-refractivity contribution in [3.05, 3.63) is 65.0 Å². The molecule has 1 saturated heterocycles. The van der Waals surface area contributed by atoms with Crippen LogP contribution in [0.15, 0.2) is 42.5 Å². The van der Waals surface area contributed by atoms with Crippen LogP contribution in [0.3, 0.4) is 0 Å². The van der Waals surface area contributed by atoms with E-state index in [0.717, 1.165) is 6.07 Å². The van der Waals surface area contributed by atoms with Gasteiger partial charge in [-0.15, -0.1) is 0 Å². The molecule has 2 aromatic carbocycles. The Labute approximate surface area is 160 Å². The van der Waals surface area contributed by atoms with Gasteiger partial charge in [0.15, 0.2) is 5.72 Å². The minimum absolute atomic E-state index is 0.00336. The van der Waals surface area contributed by atoms with E-state index in [1.807, 2.05) is 0 Å². The highest BCUT2D eigenvalue weighted by atomic mass is 19.1. The lowest BCUT2D eigenvalue weighted by atomic mass is 9.96. The van der Waals surface area contributed by atoms with Crippen LogP contribution in [0.2, 0.25) is 0 Å². The number of rotatable bonds is 2. The summed E-state index contributed by atoms with van der Waals surface area (Å²) in [5.74, 6) is -1.74. The fraction of sp³-hybridized carbons (Fsp3) is 0.250. The molecule has 0 aromatic heterocycles. The summed E-state index contributed by atoms with van der Waals surface area (Å²) in [5, 5.41) is 2.89. The summed E-state index contributed by atoms with van der Waals surface area (Å²) in [6.45, 7) is 0.580. The lowest BCUT2D eigenvalue weighted by Gasteiger charge is -2.44. The first kappa shape index (κ1) is 18.0. The van der Waals surface area contributed by atoms with Gasteiger partial charge in [0.25, 0.3) is 11.8 Å². The molecule has 0 unspecified atom stereocenters. The highest BCUT2D eigenvalue weighted by molar-refractivity contribution is 5.99. The zero-order chi connectivity index (χ0) is 19.9. The number of halogens is 1. The van der Waals surface area contributed by atoms with Crippen LogP contribution in [0.25, 0.3) is 0 Å². The number of likely N-dealkylation sites (tertiary alicyclic amines) is 1. The Morgan fingerprint density at radius 1 is 1.14 bits per heavy atom. The first-order valence-corrected chi connectivity index (χ1v) is 8.88. The molecule has 4 rings (SSSR count). The molecular formula is C20H18FN3O4. The van der Waals surface area contributed by atoms with Crippen molar-refractivity contribution >= 4 is 17.7 Å². The number of nitrogens with two attached hydrogens (primary N) is 1. The number of para-hydroxylation sites is 1. The number of carbonyl (C=O) groups is 3. The molecule has 2 heterocycles. The van der Waals surface area contributed by atoms with Crippen molar-refractivity contribution in [2.45, 2.75) is 18.6 Å². The Morgan fingerprint density at radius 2 is 1.86 bits per heavy atom. The van der Waals surface area contributed by atoms with E-state index in [1.54, 1.807) is 24.3 Å². The van der Waals surface area contributed by atoms with Crippen molar-refractivity contribution in [1.29, 1.82) is 0 Å². The highest BCUT2D eigenvalue weighted by Crippen LogP contribution is 2.33. The molecule has 2 aliphatic heterocycles. The Bertz CT molecular complexity index is 983. The minimum atomic E-state index is -0.878. The second-order valence-corrected chi connectivity index (χ2v) is 6.90. The number of nitrogens with zero attached hydrogens (tertiary/aromatic N) is 1. The predicted octanol–water partition coefficient (Wildman–Crippen LogP) is 1.68. The monoisotopic (exact) mass is 383 g/mol. The van der Waals surface area contributed by atoms with E-state index in [1.165, 1.54) is 17.0 Å². The molecule has 28 heavy (non-hydrogen) atoms. The van der Waals surface area contributed by atoms with Crippen LogP contribution in [0.5, 0.6) is 5.75 Å². The Balaban J connectivity index is 1.48. The van der Waals surface area contributed by atoms with Crippen LogP contribution in [0.1, 0.15) is 43.9 Å². The largest absolute Gasteiger partial charge is 0.467 e. The third-order valence-electron chi connectivity index (χ3n) is 5.12. The molecule has 0 aliphatic carbocycles. The summed E-state index contributed by atoms with van der Waals surface area (Å²) in [5.41, 5.74) is 4.60. The fourth-order valence-electron chi connectivity index (χ4n) is 3.56. The molecule has 3 N–H and O–H groups in total. The van der Waals surface area contributed by atoms with Crippen LogP contribution in [-0.4, -0.2) is 41.4 Å². The fourth-order valence-corrected chi connectivity index (χ4v) is 3.56. The number of benzene rings is 2. The number of ether oxygens (including phenoxy) is 1. The number of carbonyl (C=O) groups excluding carboxylic acids is 3. The normalized spacial score (nSPS) is 17.5. The number of amides is 3. The quantitative estimate of drug-likeness (QED) is 0.824. The maximum Gasteiger partial charge on any atom is 0.258 e. The predicted molar refractivity (Wildman–Crippen MR) is 97.3 cm³/mol. The van der Waals surface area contributed by atoms with E-state index in [9.17, 15) is 18.8 Å². The SMILES string of the molecule is NC(=O)c1ccc(C(=O)N2CCC3(CC2)NC(=O)c2ccccc2O3)c(F)c1. The first-order valence-electron chi connectivity index (χ1n) is 8.88. The van der Waals surface area contributed by atoms with Gasteiger partial charge in [-0.25, -0.2) is 4.39 Å². The maximum absolute atomic E-state index is 14.2. The number of piperidine rings is 1. The molecular weight excluding hydrogens is 365 g/mol. The van der Waals surface area contributed by atoms with Crippen LogP contribution >= 0.6 is 0 Å². The highest BCUT2D eigenvalue weighted by Gasteiger charge is 2.43. The molecule has 7 nitrogen and oxygen atoms in total. The summed E-state index contributed by atoms with van der Waals surface area (Å²) in [4.78, 5) is 37.7. The summed E-state index contributed by atoms with van der Waals surface area (Å²) in [6, 6.07) is 10.5. The van der Waals surface area contributed by atoms with E-state index in [4.69, 9.17) is 10.5 Å². The van der Waals surface area contributed by atoms with E-state index in [0.29, 0.717) is 24.2 Å². The summed E-state index contributed by atoms with van der Waals surface area (Å²) >= 11 is 0. The van der Waals surface area contributed by atoms with Gasteiger partial charge in [0.1, 0.15) is 11.6 Å². The van der Waals surface area contributed by atoms with Crippen LogP contribution < -0.4 is 15.8 Å². The van der Waals surface area contributed by atoms with E-state index >= 15 is 0 Å². The van der Waals surface area contributed by atoms with Gasteiger partial charge in [0.2, 0.25) is 5.91 Å². The molecule has 0 radical (unpaired) electrons. The molecule has 2 aliphatic rings. The Kier molecular flexibility index (Phi) is 4.26. The molecule has 3 amide bonds. The Hall–Kier alpha value is -3.42. The van der Waals surface area contributed by atoms with Crippen LogP contribution in [0.4, 0.5) is 4.39 Å². The van der Waals surface area contributed by atoms with Crippen molar-refractivity contribution in [3.63, 3.8) is 0 Å². The third-order valence-corrected chi connectivity index (χ3v) is 5.12. The molecule has 0 bridgehead atoms. The van der Waals surface area contributed by atoms with Crippen LogP contribution in [-0.2, 0) is 0 Å². The summed E-state index contributed by atoms with van der Waals surface area (Å²) in [7, 11) is 0. The van der Waals surface area contributed by atoms with Gasteiger partial charge in [-0.3, -0.25) is 14.4 Å². The lowest BCUT2D eigenvalue weighted by Crippen LogP contribution is -2.61. The number of hydrogen-bond donors (Lipinski definition) is 2. The van der Waals surface area contributed by atoms with E-state index in [-0.39, 0.29) is 30.1 Å². The average Bonchev–Trinajstić information content (AvgIpc) is 2.68. The molecule has 144 valence electrons. The van der Waals surface area contributed by atoms with Gasteiger partial charge >= 0.3 is 0 Å². The minimum Gasteiger partial charge on any atom is -0.467 e. The molecule has 8 heteroatoms. The zero-order valence-corrected chi connectivity index (χ0v) is 14.9. The molecule has 1 spiro atoms. The number of nitrogens with one attached hydrogen (secondary N) is 1. The zero-order valence-electron chi connectivity index (χ0n) is 14.9. The smallest absolute Gasteiger partial charge is 0.258 e. The lowest BCUT2D eigenvalue weighted by molar-refractivity contribution is -0.0246. The van der Waals surface area contributed by atoms with Crippen molar-refractivity contribution in [2.24, 2.45) is 5.73 Å².